The molecule has 0 saturated carbocycles. The van der Waals surface area contributed by atoms with Crippen molar-refractivity contribution in [3.05, 3.63) is 63.6 Å². The number of likely N-dealkylation sites (N-methyl/N-ethyl adjacent to an activating group) is 1. The highest BCUT2D eigenvalue weighted by atomic mass is 35.5. The number of carbonyl (C=O) groups excluding carboxylic acids is 2. The van der Waals surface area contributed by atoms with Crippen LogP contribution in [0.15, 0.2) is 42.5 Å². The van der Waals surface area contributed by atoms with Crippen LogP contribution in [-0.2, 0) is 16.1 Å². The summed E-state index contributed by atoms with van der Waals surface area (Å²) in [5.41, 5.74) is 1.80. The first-order valence-electron chi connectivity index (χ1n) is 9.02. The number of benzene rings is 2. The molecule has 0 heterocycles. The number of amides is 2. The Morgan fingerprint density at radius 1 is 1.14 bits per heavy atom. The molecule has 0 aliphatic heterocycles. The first-order chi connectivity index (χ1) is 13.3. The zero-order chi connectivity index (χ0) is 20.7. The van der Waals surface area contributed by atoms with E-state index in [0.29, 0.717) is 27.9 Å². The molecule has 5 nitrogen and oxygen atoms in total. The molecule has 2 aromatic carbocycles. The van der Waals surface area contributed by atoms with Gasteiger partial charge in [0.25, 0.3) is 5.91 Å². The van der Waals surface area contributed by atoms with Gasteiger partial charge in [0.15, 0.2) is 6.61 Å². The van der Waals surface area contributed by atoms with Crippen molar-refractivity contribution < 1.29 is 14.3 Å². The van der Waals surface area contributed by atoms with Gasteiger partial charge in [-0.15, -0.1) is 0 Å². The van der Waals surface area contributed by atoms with Crippen molar-refractivity contribution >= 4 is 35.0 Å². The maximum atomic E-state index is 12.9. The zero-order valence-electron chi connectivity index (χ0n) is 16.2. The fraction of sp³-hybridized carbons (Fsp3) is 0.333. The van der Waals surface area contributed by atoms with Crippen molar-refractivity contribution in [3.8, 4) is 5.75 Å². The van der Waals surface area contributed by atoms with Gasteiger partial charge >= 0.3 is 0 Å². The van der Waals surface area contributed by atoms with Crippen molar-refractivity contribution in [2.24, 2.45) is 0 Å². The van der Waals surface area contributed by atoms with Crippen LogP contribution in [0.25, 0.3) is 0 Å². The van der Waals surface area contributed by atoms with Crippen LogP contribution in [0.3, 0.4) is 0 Å². The summed E-state index contributed by atoms with van der Waals surface area (Å²) in [5, 5.41) is 3.69. The minimum atomic E-state index is -0.680. The molecule has 0 aliphatic carbocycles. The van der Waals surface area contributed by atoms with Crippen molar-refractivity contribution in [2.75, 3.05) is 13.2 Å². The molecule has 0 unspecified atom stereocenters. The summed E-state index contributed by atoms with van der Waals surface area (Å²) < 4.78 is 5.60. The van der Waals surface area contributed by atoms with Gasteiger partial charge in [0.1, 0.15) is 11.8 Å². The summed E-state index contributed by atoms with van der Waals surface area (Å²) in [5.74, 6) is 0.0377. The molecular formula is C21H24Cl2N2O3. The quantitative estimate of drug-likeness (QED) is 0.691. The topological polar surface area (TPSA) is 58.6 Å². The summed E-state index contributed by atoms with van der Waals surface area (Å²) in [6, 6.07) is 11.8. The molecule has 0 spiro atoms. The maximum Gasteiger partial charge on any atom is 0.261 e. The van der Waals surface area contributed by atoms with E-state index < -0.39 is 6.04 Å². The van der Waals surface area contributed by atoms with Crippen molar-refractivity contribution in [1.82, 2.24) is 10.2 Å². The molecule has 28 heavy (non-hydrogen) atoms. The number of aryl methyl sites for hydroxylation is 1. The molecule has 2 amide bonds. The van der Waals surface area contributed by atoms with Crippen LogP contribution in [0.4, 0.5) is 0 Å². The highest BCUT2D eigenvalue weighted by Gasteiger charge is 2.26. The summed E-state index contributed by atoms with van der Waals surface area (Å²) in [6.45, 7) is 5.95. The van der Waals surface area contributed by atoms with Gasteiger partial charge in [0.05, 0.1) is 0 Å². The Labute approximate surface area is 175 Å². The smallest absolute Gasteiger partial charge is 0.261 e. The SMILES string of the molecule is CCNC(=O)[C@H](C)N(Cc1ccc(Cl)cc1Cl)C(=O)COc1ccc(C)cc1. The van der Waals surface area contributed by atoms with Gasteiger partial charge in [0, 0.05) is 23.1 Å². The summed E-state index contributed by atoms with van der Waals surface area (Å²) in [7, 11) is 0. The molecule has 7 heteroatoms. The normalized spacial score (nSPS) is 11.6. The van der Waals surface area contributed by atoms with Gasteiger partial charge in [-0.1, -0.05) is 47.0 Å². The van der Waals surface area contributed by atoms with Crippen LogP contribution in [0.5, 0.6) is 5.75 Å². The molecule has 0 bridgehead atoms. The van der Waals surface area contributed by atoms with Crippen LogP contribution >= 0.6 is 23.2 Å². The molecular weight excluding hydrogens is 399 g/mol. The second-order valence-electron chi connectivity index (χ2n) is 6.43. The van der Waals surface area contributed by atoms with Gasteiger partial charge in [-0.25, -0.2) is 0 Å². The number of ether oxygens (including phenoxy) is 1. The lowest BCUT2D eigenvalue weighted by atomic mass is 10.1. The molecule has 0 aromatic heterocycles. The standard InChI is InChI=1S/C21H24Cl2N2O3/c1-4-24-21(27)15(3)25(12-16-7-8-17(22)11-19(16)23)20(26)13-28-18-9-5-14(2)6-10-18/h5-11,15H,4,12-13H2,1-3H3,(H,24,27)/t15-/m0/s1. The molecule has 0 aliphatic rings. The fourth-order valence-electron chi connectivity index (χ4n) is 2.60. The number of nitrogens with zero attached hydrogens (tertiary/aromatic N) is 1. The summed E-state index contributed by atoms with van der Waals surface area (Å²) in [4.78, 5) is 26.7. The molecule has 2 aromatic rings. The lowest BCUT2D eigenvalue weighted by Gasteiger charge is -2.29. The molecule has 0 radical (unpaired) electrons. The Bertz CT molecular complexity index is 825. The van der Waals surface area contributed by atoms with Gasteiger partial charge in [-0.3, -0.25) is 9.59 Å². The largest absolute Gasteiger partial charge is 0.484 e. The Morgan fingerprint density at radius 2 is 1.82 bits per heavy atom. The first-order valence-corrected chi connectivity index (χ1v) is 9.78. The monoisotopic (exact) mass is 422 g/mol. The van der Waals surface area contributed by atoms with Crippen LogP contribution in [0.2, 0.25) is 10.0 Å². The van der Waals surface area contributed by atoms with Crippen molar-refractivity contribution in [3.63, 3.8) is 0 Å². The van der Waals surface area contributed by atoms with E-state index >= 15 is 0 Å². The van der Waals surface area contributed by atoms with Crippen LogP contribution in [0.1, 0.15) is 25.0 Å². The number of nitrogens with one attached hydrogen (secondary N) is 1. The van der Waals surface area contributed by atoms with Crippen LogP contribution in [-0.4, -0.2) is 35.9 Å². The number of carbonyl (C=O) groups is 2. The second-order valence-corrected chi connectivity index (χ2v) is 7.27. The Kier molecular flexibility index (Phi) is 8.15. The molecule has 0 saturated heterocycles. The number of hydrogen-bond donors (Lipinski definition) is 1. The Hall–Kier alpha value is -2.24. The third-order valence-corrected chi connectivity index (χ3v) is 4.84. The van der Waals surface area contributed by atoms with E-state index in [0.717, 1.165) is 5.56 Å². The highest BCUT2D eigenvalue weighted by Crippen LogP contribution is 2.23. The third-order valence-electron chi connectivity index (χ3n) is 4.26. The van der Waals surface area contributed by atoms with E-state index in [1.807, 2.05) is 26.0 Å². The van der Waals surface area contributed by atoms with Crippen molar-refractivity contribution in [1.29, 1.82) is 0 Å². The number of hydrogen-bond acceptors (Lipinski definition) is 3. The highest BCUT2D eigenvalue weighted by molar-refractivity contribution is 6.35. The van der Waals surface area contributed by atoms with E-state index in [-0.39, 0.29) is 25.0 Å². The Morgan fingerprint density at radius 3 is 2.43 bits per heavy atom. The van der Waals surface area contributed by atoms with Gasteiger partial charge < -0.3 is 15.0 Å². The minimum absolute atomic E-state index is 0.171. The molecule has 1 N–H and O–H groups in total. The zero-order valence-corrected chi connectivity index (χ0v) is 17.7. The lowest BCUT2D eigenvalue weighted by Crippen LogP contribution is -2.49. The molecule has 1 atom stereocenters. The van der Waals surface area contributed by atoms with Gasteiger partial charge in [-0.05, 0) is 50.6 Å². The van der Waals surface area contributed by atoms with Crippen LogP contribution in [0, 0.1) is 6.92 Å². The second kappa shape index (κ2) is 10.3. The van der Waals surface area contributed by atoms with E-state index in [1.54, 1.807) is 37.3 Å². The lowest BCUT2D eigenvalue weighted by molar-refractivity contribution is -0.142. The summed E-state index contributed by atoms with van der Waals surface area (Å²) >= 11 is 12.2. The molecule has 150 valence electrons. The predicted molar refractivity (Wildman–Crippen MR) is 112 cm³/mol. The van der Waals surface area contributed by atoms with Gasteiger partial charge in [-0.2, -0.15) is 0 Å². The average Bonchev–Trinajstić information content (AvgIpc) is 2.66. The van der Waals surface area contributed by atoms with E-state index in [4.69, 9.17) is 27.9 Å². The van der Waals surface area contributed by atoms with E-state index in [2.05, 4.69) is 5.32 Å². The Balaban J connectivity index is 2.17. The fourth-order valence-corrected chi connectivity index (χ4v) is 3.07. The number of halogens is 2. The first kappa shape index (κ1) is 22.1. The predicted octanol–water partition coefficient (Wildman–Crippen LogP) is 4.23. The van der Waals surface area contributed by atoms with Crippen LogP contribution < -0.4 is 10.1 Å². The maximum absolute atomic E-state index is 12.9. The van der Waals surface area contributed by atoms with Crippen molar-refractivity contribution in [2.45, 2.75) is 33.4 Å². The van der Waals surface area contributed by atoms with Gasteiger partial charge in [0.2, 0.25) is 5.91 Å². The molecule has 0 fully saturated rings. The van der Waals surface area contributed by atoms with E-state index in [1.165, 1.54) is 4.90 Å². The molecule has 2 rings (SSSR count). The third kappa shape index (κ3) is 6.14. The van der Waals surface area contributed by atoms with E-state index in [9.17, 15) is 9.59 Å². The minimum Gasteiger partial charge on any atom is -0.484 e. The summed E-state index contributed by atoms with van der Waals surface area (Å²) in [6.07, 6.45) is 0. The average molecular weight is 423 g/mol. The number of rotatable bonds is 8.